The zero-order valence-corrected chi connectivity index (χ0v) is 14.2. The van der Waals surface area contributed by atoms with E-state index in [9.17, 15) is 18.8 Å². The fourth-order valence-corrected chi connectivity index (χ4v) is 2.86. The lowest BCUT2D eigenvalue weighted by atomic mass is 10.2. The molecule has 0 aromatic heterocycles. The first kappa shape index (κ1) is 17.4. The van der Waals surface area contributed by atoms with Gasteiger partial charge in [0.2, 0.25) is 5.78 Å². The van der Waals surface area contributed by atoms with Crippen molar-refractivity contribution in [2.24, 2.45) is 0 Å². The van der Waals surface area contributed by atoms with E-state index in [0.29, 0.717) is 11.9 Å². The Morgan fingerprint density at radius 1 is 1.12 bits per heavy atom. The average molecular weight is 355 g/mol. The Hall–Kier alpha value is -3.40. The number of benzene rings is 2. The Kier molecular flexibility index (Phi) is 4.59. The quantitative estimate of drug-likeness (QED) is 0.623. The molecule has 132 valence electrons. The number of hydrogen-bond donors (Lipinski definition) is 0. The van der Waals surface area contributed by atoms with Gasteiger partial charge in [-0.05, 0) is 24.3 Å². The van der Waals surface area contributed by atoms with Crippen molar-refractivity contribution in [3.05, 3.63) is 65.5 Å². The Morgan fingerprint density at radius 3 is 2.27 bits per heavy atom. The monoisotopic (exact) mass is 355 g/mol. The molecule has 0 bridgehead atoms. The lowest BCUT2D eigenvalue weighted by Gasteiger charge is -2.20. The van der Waals surface area contributed by atoms with E-state index >= 15 is 0 Å². The van der Waals surface area contributed by atoms with Crippen LogP contribution in [0.5, 0.6) is 5.75 Å². The van der Waals surface area contributed by atoms with Gasteiger partial charge in [0.1, 0.15) is 23.3 Å². The molecule has 0 amide bonds. The maximum Gasteiger partial charge on any atom is 0.214 e. The number of rotatable bonds is 4. The highest BCUT2D eigenvalue weighted by Crippen LogP contribution is 2.40. The Labute approximate surface area is 149 Å². The highest BCUT2D eigenvalue weighted by Gasteiger charge is 2.31. The second-order valence-electron chi connectivity index (χ2n) is 5.70. The molecule has 1 aliphatic heterocycles. The summed E-state index contributed by atoms with van der Waals surface area (Å²) >= 11 is 0. The first-order chi connectivity index (χ1) is 12.4. The summed E-state index contributed by atoms with van der Waals surface area (Å²) in [6.45, 7) is -0.535. The summed E-state index contributed by atoms with van der Waals surface area (Å²) in [5.41, 5.74) is 1.61. The van der Waals surface area contributed by atoms with Gasteiger partial charge in [0.25, 0.3) is 0 Å². The van der Waals surface area contributed by atoms with Crippen LogP contribution in [0.1, 0.15) is 0 Å². The molecule has 5 nitrogen and oxygen atoms in total. The molecule has 0 atom stereocenters. The van der Waals surface area contributed by atoms with Gasteiger partial charge in [0, 0.05) is 20.2 Å². The minimum absolute atomic E-state index is 0.103. The van der Waals surface area contributed by atoms with Crippen LogP contribution in [0.25, 0.3) is 0 Å². The van der Waals surface area contributed by atoms with Gasteiger partial charge in [-0.15, -0.1) is 0 Å². The standard InChI is InChI=1S/C19H15F2N3O2/c1-23-15-5-3-4-6-16(15)24(2)19(23)13(10-22)17(25)11-26-18-8-7-12(20)9-14(18)21/h3-9H,11H2,1-2H3. The first-order valence-electron chi connectivity index (χ1n) is 7.76. The Morgan fingerprint density at radius 2 is 1.73 bits per heavy atom. The van der Waals surface area contributed by atoms with Crippen LogP contribution in [0.2, 0.25) is 0 Å². The van der Waals surface area contributed by atoms with Crippen molar-refractivity contribution >= 4 is 17.2 Å². The van der Waals surface area contributed by atoms with Crippen LogP contribution in [-0.2, 0) is 4.79 Å². The summed E-state index contributed by atoms with van der Waals surface area (Å²) in [5.74, 6) is -2.09. The molecule has 0 spiro atoms. The predicted octanol–water partition coefficient (Wildman–Crippen LogP) is 3.23. The van der Waals surface area contributed by atoms with Crippen molar-refractivity contribution in [1.82, 2.24) is 0 Å². The van der Waals surface area contributed by atoms with Crippen molar-refractivity contribution in [2.45, 2.75) is 0 Å². The number of nitriles is 1. The van der Waals surface area contributed by atoms with Crippen LogP contribution >= 0.6 is 0 Å². The fraction of sp³-hybridized carbons (Fsp3) is 0.158. The number of Topliss-reactive ketones (excluding diaryl/α,β-unsaturated/α-hetero) is 1. The molecule has 0 fully saturated rings. The molecule has 3 rings (SSSR count). The van der Waals surface area contributed by atoms with Crippen LogP contribution < -0.4 is 14.5 Å². The number of anilines is 2. The van der Waals surface area contributed by atoms with E-state index in [1.807, 2.05) is 30.3 Å². The molecule has 0 N–H and O–H groups in total. The number of ether oxygens (including phenoxy) is 1. The van der Waals surface area contributed by atoms with Crippen molar-refractivity contribution in [3.63, 3.8) is 0 Å². The van der Waals surface area contributed by atoms with Gasteiger partial charge < -0.3 is 14.5 Å². The molecule has 1 aliphatic rings. The number of carbonyl (C=O) groups is 1. The SMILES string of the molecule is CN1C(=C(C#N)C(=O)COc2ccc(F)cc2F)N(C)c2ccccc21. The maximum absolute atomic E-state index is 13.6. The van der Waals surface area contributed by atoms with Crippen LogP contribution in [0.3, 0.4) is 0 Å². The van der Waals surface area contributed by atoms with Gasteiger partial charge in [-0.25, -0.2) is 8.78 Å². The minimum Gasteiger partial charge on any atom is -0.482 e. The second kappa shape index (κ2) is 6.84. The zero-order chi connectivity index (χ0) is 18.8. The highest BCUT2D eigenvalue weighted by atomic mass is 19.1. The van der Waals surface area contributed by atoms with Crippen molar-refractivity contribution in [1.29, 1.82) is 5.26 Å². The summed E-state index contributed by atoms with van der Waals surface area (Å²) in [6.07, 6.45) is 0. The predicted molar refractivity (Wildman–Crippen MR) is 92.7 cm³/mol. The van der Waals surface area contributed by atoms with E-state index in [0.717, 1.165) is 23.5 Å². The molecule has 0 aliphatic carbocycles. The molecule has 26 heavy (non-hydrogen) atoms. The summed E-state index contributed by atoms with van der Waals surface area (Å²) in [5, 5.41) is 9.50. The smallest absolute Gasteiger partial charge is 0.214 e. The van der Waals surface area contributed by atoms with E-state index in [1.165, 1.54) is 0 Å². The third-order valence-corrected chi connectivity index (χ3v) is 4.11. The van der Waals surface area contributed by atoms with E-state index < -0.39 is 24.0 Å². The summed E-state index contributed by atoms with van der Waals surface area (Å²) in [4.78, 5) is 16.0. The Balaban J connectivity index is 1.86. The number of para-hydroxylation sites is 2. The van der Waals surface area contributed by atoms with Crippen LogP contribution in [0, 0.1) is 23.0 Å². The number of fused-ring (bicyclic) bond motifs is 1. The van der Waals surface area contributed by atoms with E-state index in [4.69, 9.17) is 4.74 Å². The average Bonchev–Trinajstić information content (AvgIpc) is 2.87. The van der Waals surface area contributed by atoms with E-state index in [2.05, 4.69) is 0 Å². The van der Waals surface area contributed by atoms with Gasteiger partial charge >= 0.3 is 0 Å². The lowest BCUT2D eigenvalue weighted by Crippen LogP contribution is -2.28. The molecular formula is C19H15F2N3O2. The number of ketones is 1. The maximum atomic E-state index is 13.6. The van der Waals surface area contributed by atoms with Crippen molar-refractivity contribution in [2.75, 3.05) is 30.5 Å². The number of nitrogens with zero attached hydrogens (tertiary/aromatic N) is 3. The van der Waals surface area contributed by atoms with Crippen LogP contribution in [0.15, 0.2) is 53.9 Å². The zero-order valence-electron chi connectivity index (χ0n) is 14.2. The van der Waals surface area contributed by atoms with Gasteiger partial charge in [0.05, 0.1) is 11.4 Å². The molecule has 2 aromatic rings. The molecule has 0 saturated carbocycles. The van der Waals surface area contributed by atoms with Crippen molar-refractivity contribution in [3.8, 4) is 11.8 Å². The molecule has 0 radical (unpaired) electrons. The number of halogens is 2. The van der Waals surface area contributed by atoms with Gasteiger partial charge in [-0.3, -0.25) is 4.79 Å². The normalized spacial score (nSPS) is 12.7. The number of hydrogen-bond acceptors (Lipinski definition) is 5. The third-order valence-electron chi connectivity index (χ3n) is 4.11. The molecule has 7 heteroatoms. The van der Waals surface area contributed by atoms with Gasteiger partial charge in [-0.2, -0.15) is 5.26 Å². The largest absolute Gasteiger partial charge is 0.482 e. The van der Waals surface area contributed by atoms with Crippen molar-refractivity contribution < 1.29 is 18.3 Å². The second-order valence-corrected chi connectivity index (χ2v) is 5.70. The third kappa shape index (κ3) is 2.97. The van der Waals surface area contributed by atoms with Crippen LogP contribution in [-0.4, -0.2) is 26.5 Å². The highest BCUT2D eigenvalue weighted by molar-refractivity contribution is 6.03. The van der Waals surface area contributed by atoms with E-state index in [1.54, 1.807) is 23.9 Å². The lowest BCUT2D eigenvalue weighted by molar-refractivity contribution is -0.117. The topological polar surface area (TPSA) is 56.6 Å². The van der Waals surface area contributed by atoms with Gasteiger partial charge in [0.15, 0.2) is 18.2 Å². The van der Waals surface area contributed by atoms with E-state index in [-0.39, 0.29) is 11.3 Å². The number of carbonyl (C=O) groups excluding carboxylic acids is 1. The van der Waals surface area contributed by atoms with Gasteiger partial charge in [-0.1, -0.05) is 12.1 Å². The summed E-state index contributed by atoms with van der Waals surface area (Å²) < 4.78 is 31.7. The fourth-order valence-electron chi connectivity index (χ4n) is 2.86. The summed E-state index contributed by atoms with van der Waals surface area (Å²) in [7, 11) is 3.51. The van der Waals surface area contributed by atoms with Crippen LogP contribution in [0.4, 0.5) is 20.2 Å². The molecule has 0 unspecified atom stereocenters. The minimum atomic E-state index is -0.911. The Bertz CT molecular complexity index is 919. The first-order valence-corrected chi connectivity index (χ1v) is 7.76. The molecule has 1 heterocycles. The molecule has 0 saturated heterocycles. The molecular weight excluding hydrogens is 340 g/mol. The molecule has 2 aromatic carbocycles. The summed E-state index contributed by atoms with van der Waals surface area (Å²) in [6, 6.07) is 12.2.